The number of aromatic nitrogens is 5. The standard InChI is InChI=1S/C13H10ClN5/c1-9-7-12(14)17-13(16-9)11-8-15-19(18-11)10-5-3-2-4-6-10/h2-8H,1H3. The highest BCUT2D eigenvalue weighted by molar-refractivity contribution is 6.29. The number of rotatable bonds is 2. The highest BCUT2D eigenvalue weighted by atomic mass is 35.5. The Labute approximate surface area is 114 Å². The van der Waals surface area contributed by atoms with Gasteiger partial charge in [-0.3, -0.25) is 0 Å². The van der Waals surface area contributed by atoms with Crippen LogP contribution < -0.4 is 0 Å². The minimum Gasteiger partial charge on any atom is -0.232 e. The minimum absolute atomic E-state index is 0.400. The number of halogens is 1. The summed E-state index contributed by atoms with van der Waals surface area (Å²) in [5.74, 6) is 0.479. The van der Waals surface area contributed by atoms with Crippen LogP contribution in [0.4, 0.5) is 0 Å². The summed E-state index contributed by atoms with van der Waals surface area (Å²) >= 11 is 5.92. The van der Waals surface area contributed by atoms with Crippen LogP contribution in [0.15, 0.2) is 42.6 Å². The molecule has 0 atom stereocenters. The Kier molecular flexibility index (Phi) is 2.97. The van der Waals surface area contributed by atoms with Gasteiger partial charge in [-0.2, -0.15) is 9.90 Å². The molecule has 2 aromatic heterocycles. The summed E-state index contributed by atoms with van der Waals surface area (Å²) in [6.07, 6.45) is 1.62. The highest BCUT2D eigenvalue weighted by Crippen LogP contribution is 2.16. The average molecular weight is 272 g/mol. The molecule has 94 valence electrons. The monoisotopic (exact) mass is 271 g/mol. The zero-order chi connectivity index (χ0) is 13.2. The number of para-hydroxylation sites is 1. The number of hydrogen-bond donors (Lipinski definition) is 0. The third-order valence-electron chi connectivity index (χ3n) is 2.53. The molecule has 0 fully saturated rings. The van der Waals surface area contributed by atoms with E-state index in [1.807, 2.05) is 37.3 Å². The van der Waals surface area contributed by atoms with Gasteiger partial charge in [0.2, 0.25) is 0 Å². The van der Waals surface area contributed by atoms with Gasteiger partial charge in [0.15, 0.2) is 11.5 Å². The van der Waals surface area contributed by atoms with Crippen LogP contribution >= 0.6 is 11.6 Å². The lowest BCUT2D eigenvalue weighted by atomic mass is 10.3. The molecule has 5 nitrogen and oxygen atoms in total. The van der Waals surface area contributed by atoms with Crippen LogP contribution in [0.2, 0.25) is 5.15 Å². The molecule has 0 aliphatic carbocycles. The van der Waals surface area contributed by atoms with Crippen molar-refractivity contribution in [2.75, 3.05) is 0 Å². The number of aryl methyl sites for hydroxylation is 1. The lowest BCUT2D eigenvalue weighted by Crippen LogP contribution is -1.99. The molecular weight excluding hydrogens is 262 g/mol. The fourth-order valence-electron chi connectivity index (χ4n) is 1.70. The molecule has 0 amide bonds. The van der Waals surface area contributed by atoms with Gasteiger partial charge in [0.1, 0.15) is 5.15 Å². The van der Waals surface area contributed by atoms with E-state index in [1.165, 1.54) is 4.80 Å². The van der Waals surface area contributed by atoms with Crippen LogP contribution in [-0.4, -0.2) is 25.0 Å². The van der Waals surface area contributed by atoms with E-state index in [0.717, 1.165) is 11.4 Å². The maximum atomic E-state index is 5.92. The second-order valence-corrected chi connectivity index (χ2v) is 4.40. The van der Waals surface area contributed by atoms with Gasteiger partial charge in [0, 0.05) is 5.69 Å². The average Bonchev–Trinajstić information content (AvgIpc) is 2.88. The van der Waals surface area contributed by atoms with Gasteiger partial charge in [-0.25, -0.2) is 9.97 Å². The minimum atomic E-state index is 0.400. The van der Waals surface area contributed by atoms with Gasteiger partial charge in [-0.05, 0) is 25.1 Å². The molecule has 0 radical (unpaired) electrons. The summed E-state index contributed by atoms with van der Waals surface area (Å²) in [6, 6.07) is 11.3. The summed E-state index contributed by atoms with van der Waals surface area (Å²) in [4.78, 5) is 9.99. The molecule has 3 rings (SSSR count). The van der Waals surface area contributed by atoms with Crippen molar-refractivity contribution in [3.63, 3.8) is 0 Å². The van der Waals surface area contributed by atoms with Gasteiger partial charge in [0.05, 0.1) is 11.9 Å². The van der Waals surface area contributed by atoms with Crippen molar-refractivity contribution in [2.24, 2.45) is 0 Å². The molecule has 3 aromatic rings. The first-order valence-corrected chi connectivity index (χ1v) is 6.09. The highest BCUT2D eigenvalue weighted by Gasteiger charge is 2.09. The van der Waals surface area contributed by atoms with Gasteiger partial charge in [0.25, 0.3) is 0 Å². The summed E-state index contributed by atoms with van der Waals surface area (Å²) in [5, 5.41) is 8.96. The van der Waals surface area contributed by atoms with E-state index >= 15 is 0 Å². The normalized spacial score (nSPS) is 10.6. The largest absolute Gasteiger partial charge is 0.232 e. The van der Waals surface area contributed by atoms with E-state index in [4.69, 9.17) is 11.6 Å². The first-order chi connectivity index (χ1) is 9.22. The van der Waals surface area contributed by atoms with Gasteiger partial charge < -0.3 is 0 Å². The molecule has 0 aliphatic heterocycles. The summed E-state index contributed by atoms with van der Waals surface area (Å²) in [7, 11) is 0. The molecule has 0 bridgehead atoms. The second-order valence-electron chi connectivity index (χ2n) is 4.01. The van der Waals surface area contributed by atoms with Crippen molar-refractivity contribution < 1.29 is 0 Å². The van der Waals surface area contributed by atoms with Crippen LogP contribution in [0.5, 0.6) is 0 Å². The van der Waals surface area contributed by atoms with Gasteiger partial charge >= 0.3 is 0 Å². The maximum Gasteiger partial charge on any atom is 0.183 e. The molecule has 2 heterocycles. The molecule has 0 saturated carbocycles. The maximum absolute atomic E-state index is 5.92. The molecule has 0 unspecified atom stereocenters. The molecule has 0 spiro atoms. The summed E-state index contributed by atoms with van der Waals surface area (Å²) in [6.45, 7) is 1.86. The van der Waals surface area contributed by atoms with Crippen molar-refractivity contribution in [2.45, 2.75) is 6.92 Å². The lowest BCUT2D eigenvalue weighted by Gasteiger charge is -1.99. The molecule has 0 aliphatic rings. The molecule has 1 aromatic carbocycles. The van der Waals surface area contributed by atoms with E-state index in [1.54, 1.807) is 12.3 Å². The SMILES string of the molecule is Cc1cc(Cl)nc(-c2cnn(-c3ccccc3)n2)n1. The third-order valence-corrected chi connectivity index (χ3v) is 2.72. The predicted octanol–water partition coefficient (Wildman–Crippen LogP) is 2.69. The Morgan fingerprint density at radius 3 is 2.63 bits per heavy atom. The molecule has 6 heteroatoms. The summed E-state index contributed by atoms with van der Waals surface area (Å²) in [5.41, 5.74) is 2.27. The van der Waals surface area contributed by atoms with Crippen molar-refractivity contribution in [3.05, 3.63) is 53.4 Å². The van der Waals surface area contributed by atoms with Crippen molar-refractivity contribution in [3.8, 4) is 17.2 Å². The Morgan fingerprint density at radius 1 is 1.11 bits per heavy atom. The zero-order valence-corrected chi connectivity index (χ0v) is 10.9. The van der Waals surface area contributed by atoms with Gasteiger partial charge in [-0.15, -0.1) is 5.10 Å². The fraction of sp³-hybridized carbons (Fsp3) is 0.0769. The van der Waals surface area contributed by atoms with Crippen molar-refractivity contribution in [1.82, 2.24) is 25.0 Å². The topological polar surface area (TPSA) is 56.5 Å². The molecule has 19 heavy (non-hydrogen) atoms. The van der Waals surface area contributed by atoms with E-state index in [2.05, 4.69) is 20.2 Å². The molecule has 0 N–H and O–H groups in total. The van der Waals surface area contributed by atoms with E-state index in [9.17, 15) is 0 Å². The van der Waals surface area contributed by atoms with Gasteiger partial charge in [-0.1, -0.05) is 29.8 Å². The van der Waals surface area contributed by atoms with Crippen LogP contribution in [-0.2, 0) is 0 Å². The quantitative estimate of drug-likeness (QED) is 0.673. The Hall–Kier alpha value is -2.27. The van der Waals surface area contributed by atoms with E-state index in [-0.39, 0.29) is 0 Å². The van der Waals surface area contributed by atoms with E-state index < -0.39 is 0 Å². The number of hydrogen-bond acceptors (Lipinski definition) is 4. The number of benzene rings is 1. The number of nitrogens with zero attached hydrogens (tertiary/aromatic N) is 5. The second kappa shape index (κ2) is 4.78. The fourth-order valence-corrected chi connectivity index (χ4v) is 1.93. The first-order valence-electron chi connectivity index (χ1n) is 5.72. The zero-order valence-electron chi connectivity index (χ0n) is 10.2. The predicted molar refractivity (Wildman–Crippen MR) is 72.1 cm³/mol. The van der Waals surface area contributed by atoms with Crippen LogP contribution in [0, 0.1) is 6.92 Å². The Bertz CT molecular complexity index is 688. The Balaban J connectivity index is 2.02. The Morgan fingerprint density at radius 2 is 1.89 bits per heavy atom. The molecule has 0 saturated heterocycles. The summed E-state index contributed by atoms with van der Waals surface area (Å²) < 4.78 is 0. The van der Waals surface area contributed by atoms with Crippen LogP contribution in [0.3, 0.4) is 0 Å². The first kappa shape index (κ1) is 11.8. The molecular formula is C13H10ClN5. The van der Waals surface area contributed by atoms with E-state index in [0.29, 0.717) is 16.7 Å². The third kappa shape index (κ3) is 2.46. The van der Waals surface area contributed by atoms with Crippen molar-refractivity contribution >= 4 is 11.6 Å². The van der Waals surface area contributed by atoms with Crippen molar-refractivity contribution in [1.29, 1.82) is 0 Å². The van der Waals surface area contributed by atoms with Crippen LogP contribution in [0.25, 0.3) is 17.2 Å². The lowest BCUT2D eigenvalue weighted by molar-refractivity contribution is 0.752. The smallest absolute Gasteiger partial charge is 0.183 e. The van der Waals surface area contributed by atoms with Crippen LogP contribution in [0.1, 0.15) is 5.69 Å².